The molecular formula is C14H19N3O2S. The summed E-state index contributed by atoms with van der Waals surface area (Å²) < 4.78 is 27.0. The summed E-state index contributed by atoms with van der Waals surface area (Å²) in [5, 5.41) is 8.82. The molecular weight excluding hydrogens is 274 g/mol. The smallest absolute Gasteiger partial charge is 0.216 e. The predicted octanol–water partition coefficient (Wildman–Crippen LogP) is 1.25. The van der Waals surface area contributed by atoms with Crippen LogP contribution < -0.4 is 10.5 Å². The average Bonchev–Trinajstić information content (AvgIpc) is 2.41. The highest BCUT2D eigenvalue weighted by molar-refractivity contribution is 7.88. The van der Waals surface area contributed by atoms with E-state index in [4.69, 9.17) is 11.0 Å². The Bertz CT molecular complexity index is 607. The van der Waals surface area contributed by atoms with E-state index in [1.807, 2.05) is 6.07 Å². The number of hydrogen-bond acceptors (Lipinski definition) is 4. The zero-order valence-corrected chi connectivity index (χ0v) is 12.1. The van der Waals surface area contributed by atoms with Crippen molar-refractivity contribution in [1.82, 2.24) is 4.72 Å². The van der Waals surface area contributed by atoms with Crippen LogP contribution >= 0.6 is 0 Å². The molecule has 2 rings (SSSR count). The monoisotopic (exact) mass is 293 g/mol. The van der Waals surface area contributed by atoms with Gasteiger partial charge in [-0.2, -0.15) is 5.26 Å². The summed E-state index contributed by atoms with van der Waals surface area (Å²) in [6.45, 7) is 0. The van der Waals surface area contributed by atoms with Crippen molar-refractivity contribution in [3.05, 3.63) is 35.4 Å². The third-order valence-electron chi connectivity index (χ3n) is 3.56. The van der Waals surface area contributed by atoms with Gasteiger partial charge in [-0.15, -0.1) is 0 Å². The Morgan fingerprint density at radius 3 is 2.80 bits per heavy atom. The van der Waals surface area contributed by atoms with Crippen LogP contribution in [0.5, 0.6) is 0 Å². The van der Waals surface area contributed by atoms with E-state index in [0.29, 0.717) is 11.1 Å². The van der Waals surface area contributed by atoms with Gasteiger partial charge in [-0.3, -0.25) is 0 Å². The van der Waals surface area contributed by atoms with Crippen LogP contribution in [0, 0.1) is 11.3 Å². The van der Waals surface area contributed by atoms with E-state index in [-0.39, 0.29) is 17.8 Å². The van der Waals surface area contributed by atoms with Gasteiger partial charge in [-0.1, -0.05) is 25.0 Å². The maximum absolute atomic E-state index is 12.2. The highest BCUT2D eigenvalue weighted by Gasteiger charge is 2.26. The second kappa shape index (κ2) is 6.35. The summed E-state index contributed by atoms with van der Waals surface area (Å²) in [4.78, 5) is 0. The van der Waals surface area contributed by atoms with Gasteiger partial charge in [0, 0.05) is 12.1 Å². The molecule has 0 spiro atoms. The quantitative estimate of drug-likeness (QED) is 0.873. The molecule has 2 atom stereocenters. The highest BCUT2D eigenvalue weighted by atomic mass is 32.2. The van der Waals surface area contributed by atoms with Gasteiger partial charge in [0.1, 0.15) is 0 Å². The van der Waals surface area contributed by atoms with Gasteiger partial charge >= 0.3 is 0 Å². The Hall–Kier alpha value is -1.42. The standard InChI is InChI=1S/C14H19N3O2S/c15-9-11-4-3-5-12(8-11)10-20(18,19)17-14-7-2-1-6-13(14)16/h3-5,8,13-14,17H,1-2,6-7,10,16H2/t13-,14-/m1/s1. The maximum atomic E-state index is 12.2. The fourth-order valence-electron chi connectivity index (χ4n) is 2.53. The van der Waals surface area contributed by atoms with Crippen molar-refractivity contribution in [2.45, 2.75) is 43.5 Å². The summed E-state index contributed by atoms with van der Waals surface area (Å²) in [5.41, 5.74) is 7.03. The lowest BCUT2D eigenvalue weighted by molar-refractivity contribution is 0.361. The molecule has 0 aliphatic heterocycles. The molecule has 1 aromatic rings. The molecule has 0 radical (unpaired) electrons. The summed E-state index contributed by atoms with van der Waals surface area (Å²) >= 11 is 0. The fraction of sp³-hybridized carbons (Fsp3) is 0.500. The molecule has 1 aliphatic carbocycles. The Morgan fingerprint density at radius 1 is 1.35 bits per heavy atom. The third-order valence-corrected chi connectivity index (χ3v) is 4.94. The number of nitrogens with one attached hydrogen (secondary N) is 1. The molecule has 0 bridgehead atoms. The van der Waals surface area contributed by atoms with Crippen LogP contribution in [0.1, 0.15) is 36.8 Å². The summed E-state index contributed by atoms with van der Waals surface area (Å²) in [6.07, 6.45) is 3.71. The molecule has 108 valence electrons. The molecule has 0 heterocycles. The molecule has 1 saturated carbocycles. The Labute approximate surface area is 119 Å². The number of benzene rings is 1. The number of nitrogens with zero attached hydrogens (tertiary/aromatic N) is 1. The lowest BCUT2D eigenvalue weighted by Gasteiger charge is -2.29. The van der Waals surface area contributed by atoms with E-state index in [2.05, 4.69) is 4.72 Å². The minimum absolute atomic E-state index is 0.107. The third kappa shape index (κ3) is 4.04. The van der Waals surface area contributed by atoms with Crippen LogP contribution in [-0.2, 0) is 15.8 Å². The van der Waals surface area contributed by atoms with Crippen molar-refractivity contribution in [3.8, 4) is 6.07 Å². The summed E-state index contributed by atoms with van der Waals surface area (Å²) in [6, 6.07) is 8.38. The zero-order valence-electron chi connectivity index (χ0n) is 11.2. The first-order valence-electron chi connectivity index (χ1n) is 6.75. The second-order valence-electron chi connectivity index (χ2n) is 5.24. The molecule has 0 saturated heterocycles. The van der Waals surface area contributed by atoms with Crippen LogP contribution in [0.4, 0.5) is 0 Å². The van der Waals surface area contributed by atoms with Crippen LogP contribution in [0.25, 0.3) is 0 Å². The number of nitriles is 1. The zero-order chi connectivity index (χ0) is 14.6. The minimum Gasteiger partial charge on any atom is -0.326 e. The topological polar surface area (TPSA) is 96.0 Å². The van der Waals surface area contributed by atoms with Gasteiger partial charge in [0.25, 0.3) is 0 Å². The number of hydrogen-bond donors (Lipinski definition) is 2. The fourth-order valence-corrected chi connectivity index (χ4v) is 3.98. The number of sulfonamides is 1. The first kappa shape index (κ1) is 15.0. The Morgan fingerprint density at radius 2 is 2.10 bits per heavy atom. The van der Waals surface area contributed by atoms with Crippen LogP contribution in [0.2, 0.25) is 0 Å². The van der Waals surface area contributed by atoms with Crippen molar-refractivity contribution < 1.29 is 8.42 Å². The molecule has 0 aromatic heterocycles. The minimum atomic E-state index is -3.43. The van der Waals surface area contributed by atoms with E-state index >= 15 is 0 Å². The first-order chi connectivity index (χ1) is 9.50. The van der Waals surface area contributed by atoms with Crippen LogP contribution in [0.3, 0.4) is 0 Å². The van der Waals surface area contributed by atoms with Crippen molar-refractivity contribution in [1.29, 1.82) is 5.26 Å². The number of rotatable bonds is 4. The van der Waals surface area contributed by atoms with Gasteiger partial charge in [0.05, 0.1) is 17.4 Å². The molecule has 0 unspecified atom stereocenters. The van der Waals surface area contributed by atoms with Crippen molar-refractivity contribution in [3.63, 3.8) is 0 Å². The van der Waals surface area contributed by atoms with E-state index in [1.54, 1.807) is 24.3 Å². The van der Waals surface area contributed by atoms with Crippen molar-refractivity contribution in [2.24, 2.45) is 5.73 Å². The average molecular weight is 293 g/mol. The Kier molecular flexibility index (Phi) is 4.76. The molecule has 3 N–H and O–H groups in total. The van der Waals surface area contributed by atoms with Gasteiger partial charge in [0.15, 0.2) is 0 Å². The normalized spacial score (nSPS) is 23.2. The van der Waals surface area contributed by atoms with Crippen molar-refractivity contribution in [2.75, 3.05) is 0 Å². The molecule has 20 heavy (non-hydrogen) atoms. The molecule has 1 aliphatic rings. The molecule has 5 nitrogen and oxygen atoms in total. The number of nitrogens with two attached hydrogens (primary N) is 1. The summed E-state index contributed by atoms with van der Waals surface area (Å²) in [7, 11) is -3.43. The molecule has 1 aromatic carbocycles. The predicted molar refractivity (Wildman–Crippen MR) is 77.1 cm³/mol. The summed E-state index contributed by atoms with van der Waals surface area (Å²) in [5.74, 6) is -0.119. The molecule has 6 heteroatoms. The molecule has 0 amide bonds. The van der Waals surface area contributed by atoms with Gasteiger partial charge in [-0.25, -0.2) is 13.1 Å². The molecule has 1 fully saturated rings. The lowest BCUT2D eigenvalue weighted by atomic mass is 9.92. The highest BCUT2D eigenvalue weighted by Crippen LogP contribution is 2.18. The van der Waals surface area contributed by atoms with Crippen LogP contribution in [-0.4, -0.2) is 20.5 Å². The Balaban J connectivity index is 2.05. The van der Waals surface area contributed by atoms with E-state index in [1.165, 1.54) is 0 Å². The van der Waals surface area contributed by atoms with E-state index in [9.17, 15) is 8.42 Å². The van der Waals surface area contributed by atoms with Crippen molar-refractivity contribution >= 4 is 10.0 Å². The van der Waals surface area contributed by atoms with E-state index < -0.39 is 10.0 Å². The SMILES string of the molecule is N#Cc1cccc(CS(=O)(=O)N[C@@H]2CCCC[C@H]2N)c1. The van der Waals surface area contributed by atoms with E-state index in [0.717, 1.165) is 25.7 Å². The largest absolute Gasteiger partial charge is 0.326 e. The first-order valence-corrected chi connectivity index (χ1v) is 8.40. The second-order valence-corrected chi connectivity index (χ2v) is 7.00. The van der Waals surface area contributed by atoms with Gasteiger partial charge in [0.2, 0.25) is 10.0 Å². The maximum Gasteiger partial charge on any atom is 0.216 e. The lowest BCUT2D eigenvalue weighted by Crippen LogP contribution is -2.49. The van der Waals surface area contributed by atoms with Gasteiger partial charge in [-0.05, 0) is 30.5 Å². The van der Waals surface area contributed by atoms with Gasteiger partial charge < -0.3 is 5.73 Å². The van der Waals surface area contributed by atoms with Crippen LogP contribution in [0.15, 0.2) is 24.3 Å².